The van der Waals surface area contributed by atoms with Crippen LogP contribution in [0.15, 0.2) is 76.4 Å². The van der Waals surface area contributed by atoms with E-state index in [0.717, 1.165) is 42.9 Å². The number of methoxy groups -OCH3 is 1. The van der Waals surface area contributed by atoms with Crippen LogP contribution in [0.2, 0.25) is 5.02 Å². The van der Waals surface area contributed by atoms with Crippen molar-refractivity contribution in [2.24, 2.45) is 0 Å². The molecule has 0 aliphatic heterocycles. The number of ether oxygens (including phenoxy) is 1. The summed E-state index contributed by atoms with van der Waals surface area (Å²) in [6.45, 7) is 0. The lowest BCUT2D eigenvalue weighted by Gasteiger charge is -2.10. The first-order valence-corrected chi connectivity index (χ1v) is 10.5. The number of rotatable bonds is 5. The van der Waals surface area contributed by atoms with Crippen molar-refractivity contribution in [1.29, 1.82) is 0 Å². The molecule has 0 fully saturated rings. The number of thioether (sulfide) groups is 1. The van der Waals surface area contributed by atoms with Gasteiger partial charge in [-0.15, -0.1) is 12.4 Å². The lowest BCUT2D eigenvalue weighted by molar-refractivity contribution is 0.414. The zero-order chi connectivity index (χ0) is 18.8. The number of aromatic nitrogens is 2. The van der Waals surface area contributed by atoms with Gasteiger partial charge in [0, 0.05) is 20.9 Å². The zero-order valence-electron chi connectivity index (χ0n) is 14.9. The predicted octanol–water partition coefficient (Wildman–Crippen LogP) is 7.16. The van der Waals surface area contributed by atoms with Crippen LogP contribution >= 0.6 is 51.7 Å². The molecule has 0 saturated carbocycles. The average molecular weight is 496 g/mol. The first kappa shape index (κ1) is 21.1. The third kappa shape index (κ3) is 4.49. The molecular formula is C21H17BrCl2N2OS. The van der Waals surface area contributed by atoms with Gasteiger partial charge in [0.05, 0.1) is 18.1 Å². The molecular weight excluding hydrogens is 479 g/mol. The van der Waals surface area contributed by atoms with Gasteiger partial charge in [-0.3, -0.25) is 4.57 Å². The number of nitrogens with zero attached hydrogens (tertiary/aromatic N) is 2. The Hall–Kier alpha value is -1.66. The third-order valence-electron chi connectivity index (χ3n) is 4.20. The van der Waals surface area contributed by atoms with E-state index in [0.29, 0.717) is 0 Å². The van der Waals surface area contributed by atoms with E-state index in [1.54, 1.807) is 18.9 Å². The molecule has 7 heteroatoms. The maximum absolute atomic E-state index is 5.99. The minimum absolute atomic E-state index is 0. The molecule has 0 atom stereocenters. The number of benzene rings is 3. The molecule has 4 aromatic rings. The Morgan fingerprint density at radius 1 is 1.04 bits per heavy atom. The molecule has 0 amide bonds. The Morgan fingerprint density at radius 2 is 1.75 bits per heavy atom. The average Bonchev–Trinajstić information content (AvgIpc) is 3.05. The lowest BCUT2D eigenvalue weighted by Crippen LogP contribution is -1.97. The van der Waals surface area contributed by atoms with Crippen molar-refractivity contribution in [3.8, 4) is 11.4 Å². The Labute approximate surface area is 187 Å². The maximum atomic E-state index is 5.99. The molecule has 0 N–H and O–H groups in total. The first-order valence-electron chi connectivity index (χ1n) is 8.34. The molecule has 0 aliphatic rings. The molecule has 1 aromatic heterocycles. The molecule has 0 radical (unpaired) electrons. The second-order valence-corrected chi connectivity index (χ2v) is 8.27. The first-order chi connectivity index (χ1) is 13.1. The van der Waals surface area contributed by atoms with Crippen LogP contribution in [-0.4, -0.2) is 16.7 Å². The number of hydrogen-bond acceptors (Lipinski definition) is 3. The van der Waals surface area contributed by atoms with Gasteiger partial charge in [-0.05, 0) is 60.2 Å². The molecule has 4 rings (SSSR count). The van der Waals surface area contributed by atoms with Crippen molar-refractivity contribution >= 4 is 62.7 Å². The van der Waals surface area contributed by atoms with Gasteiger partial charge in [0.25, 0.3) is 0 Å². The zero-order valence-corrected chi connectivity index (χ0v) is 18.9. The van der Waals surface area contributed by atoms with Crippen LogP contribution in [0.3, 0.4) is 0 Å². The molecule has 0 unspecified atom stereocenters. The lowest BCUT2D eigenvalue weighted by atomic mass is 10.2. The van der Waals surface area contributed by atoms with Crippen LogP contribution < -0.4 is 4.74 Å². The summed E-state index contributed by atoms with van der Waals surface area (Å²) in [6.07, 6.45) is 0. The van der Waals surface area contributed by atoms with Crippen molar-refractivity contribution in [1.82, 2.24) is 9.55 Å². The summed E-state index contributed by atoms with van der Waals surface area (Å²) in [7, 11) is 1.67. The van der Waals surface area contributed by atoms with E-state index in [9.17, 15) is 0 Å². The molecule has 0 bridgehead atoms. The smallest absolute Gasteiger partial charge is 0.174 e. The third-order valence-corrected chi connectivity index (χ3v) is 5.95. The van der Waals surface area contributed by atoms with E-state index in [-0.39, 0.29) is 12.4 Å². The molecule has 3 nitrogen and oxygen atoms in total. The number of imidazole rings is 1. The minimum atomic E-state index is 0. The highest BCUT2D eigenvalue weighted by atomic mass is 79.9. The van der Waals surface area contributed by atoms with Gasteiger partial charge in [0.2, 0.25) is 0 Å². The summed E-state index contributed by atoms with van der Waals surface area (Å²) in [4.78, 5) is 4.86. The second kappa shape index (κ2) is 9.23. The van der Waals surface area contributed by atoms with Gasteiger partial charge in [-0.25, -0.2) is 4.98 Å². The van der Waals surface area contributed by atoms with Crippen LogP contribution in [0.5, 0.6) is 5.75 Å². The molecule has 144 valence electrons. The van der Waals surface area contributed by atoms with E-state index in [4.69, 9.17) is 21.3 Å². The Kier molecular flexibility index (Phi) is 6.94. The van der Waals surface area contributed by atoms with E-state index >= 15 is 0 Å². The van der Waals surface area contributed by atoms with Gasteiger partial charge in [-0.2, -0.15) is 0 Å². The van der Waals surface area contributed by atoms with Crippen LogP contribution in [0.25, 0.3) is 16.7 Å². The highest BCUT2D eigenvalue weighted by molar-refractivity contribution is 9.10. The van der Waals surface area contributed by atoms with Crippen LogP contribution in [0, 0.1) is 0 Å². The highest BCUT2D eigenvalue weighted by Crippen LogP contribution is 2.32. The van der Waals surface area contributed by atoms with Crippen molar-refractivity contribution in [2.45, 2.75) is 10.9 Å². The summed E-state index contributed by atoms with van der Waals surface area (Å²) >= 11 is 11.2. The fourth-order valence-electron chi connectivity index (χ4n) is 2.84. The number of halogens is 3. The normalized spacial score (nSPS) is 10.7. The van der Waals surface area contributed by atoms with Gasteiger partial charge >= 0.3 is 0 Å². The van der Waals surface area contributed by atoms with E-state index in [1.807, 2.05) is 60.7 Å². The van der Waals surface area contributed by atoms with Crippen molar-refractivity contribution in [3.63, 3.8) is 0 Å². The highest BCUT2D eigenvalue weighted by Gasteiger charge is 2.14. The van der Waals surface area contributed by atoms with Crippen LogP contribution in [0.1, 0.15) is 5.56 Å². The van der Waals surface area contributed by atoms with Gasteiger partial charge in [0.15, 0.2) is 5.16 Å². The largest absolute Gasteiger partial charge is 0.497 e. The molecule has 0 aliphatic carbocycles. The van der Waals surface area contributed by atoms with Crippen molar-refractivity contribution in [3.05, 3.63) is 81.8 Å². The molecule has 0 saturated heterocycles. The fraction of sp³-hybridized carbons (Fsp3) is 0.0952. The minimum Gasteiger partial charge on any atom is -0.497 e. The predicted molar refractivity (Wildman–Crippen MR) is 124 cm³/mol. The van der Waals surface area contributed by atoms with E-state index in [1.165, 1.54) is 5.56 Å². The van der Waals surface area contributed by atoms with Crippen LogP contribution in [0.4, 0.5) is 0 Å². The second-order valence-electron chi connectivity index (χ2n) is 5.98. The molecule has 1 heterocycles. The quantitative estimate of drug-likeness (QED) is 0.275. The summed E-state index contributed by atoms with van der Waals surface area (Å²) in [5.41, 5.74) is 4.29. The van der Waals surface area contributed by atoms with Crippen molar-refractivity contribution in [2.75, 3.05) is 7.11 Å². The monoisotopic (exact) mass is 494 g/mol. The van der Waals surface area contributed by atoms with Crippen molar-refractivity contribution < 1.29 is 4.74 Å². The number of fused-ring (bicyclic) bond motifs is 1. The van der Waals surface area contributed by atoms with E-state index in [2.05, 4.69) is 26.6 Å². The maximum Gasteiger partial charge on any atom is 0.174 e. The Balaban J connectivity index is 0.00000225. The summed E-state index contributed by atoms with van der Waals surface area (Å²) in [5.74, 6) is 1.65. The molecule has 3 aromatic carbocycles. The fourth-order valence-corrected chi connectivity index (χ4v) is 4.30. The SMILES string of the molecule is COc1ccc(-n2c(SCc3ccc(Cl)cc3)nc3cc(Br)ccc32)cc1.Cl. The summed E-state index contributed by atoms with van der Waals surface area (Å²) in [6, 6.07) is 22.1. The molecule has 0 spiro atoms. The Bertz CT molecular complexity index is 1080. The standard InChI is InChI=1S/C21H16BrClN2OS.ClH/c1-26-18-9-7-17(8-10-18)25-20-11-4-15(22)12-19(20)24-21(25)27-13-14-2-5-16(23)6-3-14;/h2-12H,13H2,1H3;1H. The Morgan fingerprint density at radius 3 is 2.43 bits per heavy atom. The van der Waals surface area contributed by atoms with Gasteiger partial charge < -0.3 is 4.74 Å². The van der Waals surface area contributed by atoms with Gasteiger partial charge in [-0.1, -0.05) is 51.4 Å². The topological polar surface area (TPSA) is 27.1 Å². The molecule has 28 heavy (non-hydrogen) atoms. The van der Waals surface area contributed by atoms with E-state index < -0.39 is 0 Å². The summed E-state index contributed by atoms with van der Waals surface area (Å²) in [5, 5.41) is 1.70. The number of hydrogen-bond donors (Lipinski definition) is 0. The van der Waals surface area contributed by atoms with Gasteiger partial charge in [0.1, 0.15) is 5.75 Å². The van der Waals surface area contributed by atoms with Crippen LogP contribution in [-0.2, 0) is 5.75 Å². The summed E-state index contributed by atoms with van der Waals surface area (Å²) < 4.78 is 8.49.